The number of allylic oxidation sites excluding steroid dienone is 2. The molecule has 1 amide bonds. The summed E-state index contributed by atoms with van der Waals surface area (Å²) >= 11 is 0. The molecule has 0 N–H and O–H groups in total. The summed E-state index contributed by atoms with van der Waals surface area (Å²) in [4.78, 5) is 24.6. The lowest BCUT2D eigenvalue weighted by atomic mass is 9.97. The Morgan fingerprint density at radius 3 is 2.85 bits per heavy atom. The largest absolute Gasteiger partial charge is 0.324 e. The molecule has 1 unspecified atom stereocenters. The highest BCUT2D eigenvalue weighted by Crippen LogP contribution is 2.30. The zero-order valence-electron chi connectivity index (χ0n) is 19.0. The van der Waals surface area contributed by atoms with Crippen LogP contribution >= 0.6 is 0 Å². The highest BCUT2D eigenvalue weighted by atomic mass is 16.2. The third-order valence-electron chi connectivity index (χ3n) is 6.34. The summed E-state index contributed by atoms with van der Waals surface area (Å²) in [6.45, 7) is 7.42. The molecule has 0 saturated carbocycles. The average Bonchev–Trinajstić information content (AvgIpc) is 3.40. The van der Waals surface area contributed by atoms with Gasteiger partial charge in [0.05, 0.1) is 29.8 Å². The van der Waals surface area contributed by atoms with Crippen LogP contribution in [0.25, 0.3) is 11.2 Å². The first-order valence-corrected chi connectivity index (χ1v) is 11.2. The van der Waals surface area contributed by atoms with Gasteiger partial charge in [0.1, 0.15) is 11.3 Å². The summed E-state index contributed by atoms with van der Waals surface area (Å²) in [5.74, 6) is 0.905. The quantitative estimate of drug-likeness (QED) is 0.608. The number of nitriles is 1. The first-order valence-electron chi connectivity index (χ1n) is 11.2. The maximum Gasteiger partial charge on any atom is 0.256 e. The molecule has 2 aliphatic rings. The SMILES string of the molecule is CCc1nc2c(C)cc(C)nc2n1CC1=CC2=CCN(C(=O)c3ccccc3C#N)C2C=C1. The van der Waals surface area contributed by atoms with Crippen molar-refractivity contribution in [3.63, 3.8) is 0 Å². The Morgan fingerprint density at radius 2 is 2.06 bits per heavy atom. The van der Waals surface area contributed by atoms with Crippen molar-refractivity contribution in [3.8, 4) is 6.07 Å². The fourth-order valence-electron chi connectivity index (χ4n) is 4.75. The van der Waals surface area contributed by atoms with Crippen molar-refractivity contribution < 1.29 is 4.79 Å². The summed E-state index contributed by atoms with van der Waals surface area (Å²) in [6.07, 6.45) is 9.27. The number of rotatable bonds is 4. The number of hydrogen-bond acceptors (Lipinski definition) is 4. The van der Waals surface area contributed by atoms with Gasteiger partial charge in [-0.15, -0.1) is 0 Å². The highest BCUT2D eigenvalue weighted by Gasteiger charge is 2.31. The zero-order valence-corrected chi connectivity index (χ0v) is 19.0. The summed E-state index contributed by atoms with van der Waals surface area (Å²) < 4.78 is 2.20. The molecule has 1 aliphatic carbocycles. The van der Waals surface area contributed by atoms with Crippen LogP contribution in [0.1, 0.15) is 39.9 Å². The molecule has 0 fully saturated rings. The van der Waals surface area contributed by atoms with Gasteiger partial charge >= 0.3 is 0 Å². The van der Waals surface area contributed by atoms with Crippen LogP contribution in [0, 0.1) is 25.2 Å². The third kappa shape index (κ3) is 3.56. The molecule has 164 valence electrons. The minimum atomic E-state index is -0.117. The normalized spacial score (nSPS) is 17.0. The third-order valence-corrected chi connectivity index (χ3v) is 6.34. The van der Waals surface area contributed by atoms with E-state index in [1.807, 2.05) is 11.8 Å². The lowest BCUT2D eigenvalue weighted by Gasteiger charge is -2.27. The van der Waals surface area contributed by atoms with Crippen molar-refractivity contribution >= 4 is 17.1 Å². The van der Waals surface area contributed by atoms with Crippen molar-refractivity contribution in [2.75, 3.05) is 6.54 Å². The van der Waals surface area contributed by atoms with E-state index in [0.29, 0.717) is 24.2 Å². The lowest BCUT2D eigenvalue weighted by Crippen LogP contribution is -2.37. The number of fused-ring (bicyclic) bond motifs is 2. The van der Waals surface area contributed by atoms with Crippen LogP contribution in [-0.4, -0.2) is 37.9 Å². The Morgan fingerprint density at radius 1 is 1.24 bits per heavy atom. The molecule has 0 radical (unpaired) electrons. The Balaban J connectivity index is 1.42. The van der Waals surface area contributed by atoms with Crippen LogP contribution in [0.2, 0.25) is 0 Å². The van der Waals surface area contributed by atoms with Gasteiger partial charge in [0.2, 0.25) is 0 Å². The van der Waals surface area contributed by atoms with Crippen LogP contribution in [0.5, 0.6) is 0 Å². The van der Waals surface area contributed by atoms with Crippen LogP contribution in [0.3, 0.4) is 0 Å². The Labute approximate surface area is 193 Å². The van der Waals surface area contributed by atoms with E-state index in [4.69, 9.17) is 9.97 Å². The molecule has 1 aromatic carbocycles. The zero-order chi connectivity index (χ0) is 23.1. The predicted molar refractivity (Wildman–Crippen MR) is 128 cm³/mol. The first kappa shape index (κ1) is 20.9. The molecule has 1 aliphatic heterocycles. The molecule has 3 heterocycles. The maximum atomic E-state index is 13.2. The fraction of sp³-hybridized carbons (Fsp3) is 0.259. The minimum absolute atomic E-state index is 0.110. The van der Waals surface area contributed by atoms with Crippen LogP contribution in [0.4, 0.5) is 0 Å². The van der Waals surface area contributed by atoms with Crippen LogP contribution < -0.4 is 0 Å². The minimum Gasteiger partial charge on any atom is -0.324 e. The van der Waals surface area contributed by atoms with Gasteiger partial charge in [-0.1, -0.05) is 43.4 Å². The predicted octanol–water partition coefficient (Wildman–Crippen LogP) is 4.43. The summed E-state index contributed by atoms with van der Waals surface area (Å²) in [5.41, 5.74) is 7.13. The van der Waals surface area contributed by atoms with E-state index in [0.717, 1.165) is 45.8 Å². The van der Waals surface area contributed by atoms with Crippen molar-refractivity contribution in [2.45, 2.75) is 39.8 Å². The maximum absolute atomic E-state index is 13.2. The van der Waals surface area contributed by atoms with Crippen molar-refractivity contribution in [1.29, 1.82) is 5.26 Å². The van der Waals surface area contributed by atoms with E-state index in [1.165, 1.54) is 0 Å². The first-order chi connectivity index (χ1) is 16.0. The number of nitrogens with zero attached hydrogens (tertiary/aromatic N) is 5. The number of pyridine rings is 1. The number of imidazole rings is 1. The molecule has 6 nitrogen and oxygen atoms in total. The second-order valence-corrected chi connectivity index (χ2v) is 8.56. The van der Waals surface area contributed by atoms with E-state index < -0.39 is 0 Å². The molecule has 1 atom stereocenters. The van der Waals surface area contributed by atoms with Crippen molar-refractivity contribution in [2.24, 2.45) is 0 Å². The van der Waals surface area contributed by atoms with E-state index >= 15 is 0 Å². The summed E-state index contributed by atoms with van der Waals surface area (Å²) in [7, 11) is 0. The van der Waals surface area contributed by atoms with Crippen molar-refractivity contribution in [3.05, 3.63) is 94.0 Å². The van der Waals surface area contributed by atoms with Gasteiger partial charge in [0.25, 0.3) is 5.91 Å². The average molecular weight is 436 g/mol. The molecule has 33 heavy (non-hydrogen) atoms. The second-order valence-electron chi connectivity index (χ2n) is 8.56. The van der Waals surface area contributed by atoms with Gasteiger partial charge in [0, 0.05) is 18.7 Å². The summed E-state index contributed by atoms with van der Waals surface area (Å²) in [5, 5.41) is 9.38. The van der Waals surface area contributed by atoms with E-state index in [-0.39, 0.29) is 11.9 Å². The number of hydrogen-bond donors (Lipinski definition) is 0. The molecule has 0 bridgehead atoms. The molecule has 2 aromatic heterocycles. The molecule has 6 heteroatoms. The molecule has 0 spiro atoms. The summed E-state index contributed by atoms with van der Waals surface area (Å²) in [6, 6.07) is 11.1. The second kappa shape index (κ2) is 8.18. The Bertz CT molecular complexity index is 1420. The number of benzene rings is 1. The highest BCUT2D eigenvalue weighted by molar-refractivity contribution is 5.97. The smallest absolute Gasteiger partial charge is 0.256 e. The number of amides is 1. The lowest BCUT2D eigenvalue weighted by molar-refractivity contribution is 0.0768. The van der Waals surface area contributed by atoms with Gasteiger partial charge in [-0.2, -0.15) is 5.26 Å². The number of carbonyl (C=O) groups is 1. The molecule has 0 saturated heterocycles. The van der Waals surface area contributed by atoms with Gasteiger partial charge < -0.3 is 9.47 Å². The number of aromatic nitrogens is 3. The van der Waals surface area contributed by atoms with Crippen LogP contribution in [0.15, 0.2) is 65.8 Å². The number of carbonyl (C=O) groups excluding carboxylic acids is 1. The van der Waals surface area contributed by atoms with Crippen LogP contribution in [-0.2, 0) is 13.0 Å². The Kier molecular flexibility index (Phi) is 5.18. The van der Waals surface area contributed by atoms with Crippen molar-refractivity contribution in [1.82, 2.24) is 19.4 Å². The van der Waals surface area contributed by atoms with E-state index in [2.05, 4.69) is 54.9 Å². The van der Waals surface area contributed by atoms with Gasteiger partial charge in [-0.25, -0.2) is 9.97 Å². The Hall–Kier alpha value is -3.98. The molecule has 5 rings (SSSR count). The topological polar surface area (TPSA) is 74.8 Å². The van der Waals surface area contributed by atoms with E-state index in [1.54, 1.807) is 24.3 Å². The molecular weight excluding hydrogens is 410 g/mol. The standard InChI is InChI=1S/C27H25N5O/c1-4-24-30-25-17(2)13-18(3)29-26(25)32(24)16-19-9-10-23-20(14-19)11-12-31(23)27(33)22-8-6-5-7-21(22)15-28/h5-11,13-14,23H,4,12,16H2,1-3H3. The van der Waals surface area contributed by atoms with Gasteiger partial charge in [-0.05, 0) is 48.8 Å². The molecular formula is C27H25N5O. The number of aryl methyl sites for hydroxylation is 3. The van der Waals surface area contributed by atoms with Gasteiger partial charge in [0.15, 0.2) is 5.65 Å². The van der Waals surface area contributed by atoms with Gasteiger partial charge in [-0.3, -0.25) is 4.79 Å². The fourth-order valence-corrected chi connectivity index (χ4v) is 4.75. The monoisotopic (exact) mass is 435 g/mol. The van der Waals surface area contributed by atoms with E-state index in [9.17, 15) is 10.1 Å². The molecule has 3 aromatic rings.